The molecule has 2 saturated heterocycles. The summed E-state index contributed by atoms with van der Waals surface area (Å²) in [5, 5.41) is 11.4. The molecule has 0 saturated carbocycles. The van der Waals surface area contributed by atoms with Gasteiger partial charge in [0.1, 0.15) is 23.6 Å². The molecule has 17 heteroatoms. The number of amides is 2. The number of rotatable bonds is 8. The highest BCUT2D eigenvalue weighted by Gasteiger charge is 2.44. The van der Waals surface area contributed by atoms with E-state index in [2.05, 4.69) is 25.2 Å². The zero-order chi connectivity index (χ0) is 31.2. The zero-order valence-electron chi connectivity index (χ0n) is 22.7. The smallest absolute Gasteiger partial charge is 0.401 e. The van der Waals surface area contributed by atoms with Crippen LogP contribution in [0.1, 0.15) is 10.4 Å². The van der Waals surface area contributed by atoms with Gasteiger partial charge in [-0.3, -0.25) is 19.2 Å². The average molecular weight is 639 g/mol. The van der Waals surface area contributed by atoms with Crippen LogP contribution in [0.3, 0.4) is 0 Å². The molecule has 0 radical (unpaired) electrons. The van der Waals surface area contributed by atoms with Gasteiger partial charge in [0, 0.05) is 55.4 Å². The van der Waals surface area contributed by atoms with Crippen LogP contribution in [0.25, 0.3) is 16.9 Å². The summed E-state index contributed by atoms with van der Waals surface area (Å²) < 4.78 is 72.3. The molecule has 3 aromatic heterocycles. The van der Waals surface area contributed by atoms with Crippen molar-refractivity contribution in [1.29, 1.82) is 0 Å². The van der Waals surface area contributed by atoms with Crippen molar-refractivity contribution in [1.82, 2.24) is 34.2 Å². The van der Waals surface area contributed by atoms with Gasteiger partial charge in [-0.2, -0.15) is 32.1 Å². The van der Waals surface area contributed by atoms with Gasteiger partial charge in [-0.1, -0.05) is 11.6 Å². The fraction of sp³-hybridized carbons (Fsp3) is 0.370. The molecule has 0 spiro atoms. The van der Waals surface area contributed by atoms with E-state index in [1.54, 1.807) is 17.2 Å². The number of benzene rings is 1. The van der Waals surface area contributed by atoms with E-state index >= 15 is 0 Å². The predicted octanol–water partition coefficient (Wildman–Crippen LogP) is 4.05. The Bertz CT molecular complexity index is 1700. The molecule has 11 nitrogen and oxygen atoms in total. The summed E-state index contributed by atoms with van der Waals surface area (Å²) in [5.41, 5.74) is 0.513. The zero-order valence-corrected chi connectivity index (χ0v) is 23.5. The number of fused-ring (bicyclic) bond motifs is 2. The third kappa shape index (κ3) is 6.31. The third-order valence-corrected chi connectivity index (χ3v) is 7.80. The number of carbonyl (C=O) groups is 2. The van der Waals surface area contributed by atoms with E-state index in [-0.39, 0.29) is 76.3 Å². The number of likely N-dealkylation sites (tertiary alicyclic amines) is 2. The van der Waals surface area contributed by atoms with Gasteiger partial charge in [-0.05, 0) is 36.1 Å². The summed E-state index contributed by atoms with van der Waals surface area (Å²) >= 11 is 6.17. The third-order valence-electron chi connectivity index (χ3n) is 7.56. The highest BCUT2D eigenvalue weighted by Crippen LogP contribution is 2.38. The Morgan fingerprint density at radius 3 is 2.59 bits per heavy atom. The van der Waals surface area contributed by atoms with Crippen LogP contribution in [0.4, 0.5) is 27.6 Å². The van der Waals surface area contributed by atoms with Gasteiger partial charge in [0.05, 0.1) is 18.4 Å². The van der Waals surface area contributed by atoms with Gasteiger partial charge < -0.3 is 15.0 Å². The number of nitrogens with one attached hydrogen (secondary N) is 1. The second kappa shape index (κ2) is 11.6. The minimum atomic E-state index is -4.29. The Balaban J connectivity index is 1.25. The lowest BCUT2D eigenvalue weighted by Crippen LogP contribution is -2.38. The number of anilines is 1. The number of nitrogens with zero attached hydrogens (tertiary/aromatic N) is 7. The SMILES string of the molecule is O=C(Nc1cn(CC(=O)N2C[C@H]3CN(CC(F)(F)F)C[C@H]3C2)nc1-c1cc(Cl)ccc1OC(F)F)c1cnn2cccnc12. The van der Waals surface area contributed by atoms with Crippen molar-refractivity contribution in [3.63, 3.8) is 0 Å². The number of carbonyl (C=O) groups excluding carboxylic acids is 2. The average Bonchev–Trinajstić information content (AvgIpc) is 3.71. The van der Waals surface area contributed by atoms with Gasteiger partial charge >= 0.3 is 12.8 Å². The molecular formula is C27H24ClF5N8O3. The Kier molecular flexibility index (Phi) is 7.88. The van der Waals surface area contributed by atoms with Crippen LogP contribution in [-0.4, -0.2) is 91.5 Å². The van der Waals surface area contributed by atoms with E-state index in [0.717, 1.165) is 0 Å². The van der Waals surface area contributed by atoms with Crippen LogP contribution in [0.2, 0.25) is 5.02 Å². The van der Waals surface area contributed by atoms with Crippen LogP contribution in [0.15, 0.2) is 49.1 Å². The van der Waals surface area contributed by atoms with Gasteiger partial charge in [0.2, 0.25) is 5.91 Å². The highest BCUT2D eigenvalue weighted by atomic mass is 35.5. The molecule has 2 aliphatic rings. The van der Waals surface area contributed by atoms with Crippen molar-refractivity contribution >= 4 is 34.7 Å². The van der Waals surface area contributed by atoms with E-state index in [1.807, 2.05) is 0 Å². The first kappa shape index (κ1) is 29.7. The Hall–Kier alpha value is -4.31. The van der Waals surface area contributed by atoms with Crippen LogP contribution >= 0.6 is 11.6 Å². The summed E-state index contributed by atoms with van der Waals surface area (Å²) in [6, 6.07) is 5.57. The fourth-order valence-electron chi connectivity index (χ4n) is 5.77. The van der Waals surface area contributed by atoms with Crippen molar-refractivity contribution < 1.29 is 36.3 Å². The van der Waals surface area contributed by atoms with Crippen LogP contribution in [-0.2, 0) is 11.3 Å². The first-order valence-corrected chi connectivity index (χ1v) is 13.8. The maximum atomic E-state index is 13.3. The molecule has 44 heavy (non-hydrogen) atoms. The second-order valence-corrected chi connectivity index (χ2v) is 11.1. The summed E-state index contributed by atoms with van der Waals surface area (Å²) in [4.78, 5) is 33.7. The van der Waals surface area contributed by atoms with E-state index in [9.17, 15) is 31.5 Å². The minimum absolute atomic E-state index is 0.00909. The number of halogens is 6. The molecule has 2 atom stereocenters. The lowest BCUT2D eigenvalue weighted by Gasteiger charge is -2.22. The van der Waals surface area contributed by atoms with Crippen molar-refractivity contribution in [3.8, 4) is 17.0 Å². The normalized spacial score (nSPS) is 18.8. The largest absolute Gasteiger partial charge is 0.434 e. The molecule has 2 aliphatic heterocycles. The molecule has 0 bridgehead atoms. The molecule has 2 amide bonds. The molecule has 6 rings (SSSR count). The summed E-state index contributed by atoms with van der Waals surface area (Å²) in [7, 11) is 0. The van der Waals surface area contributed by atoms with Crippen molar-refractivity contribution in [3.05, 3.63) is 59.6 Å². The number of aromatic nitrogens is 5. The minimum Gasteiger partial charge on any atom is -0.434 e. The van der Waals surface area contributed by atoms with Crippen molar-refractivity contribution in [2.24, 2.45) is 11.8 Å². The lowest BCUT2D eigenvalue weighted by atomic mass is 10.0. The van der Waals surface area contributed by atoms with Crippen LogP contribution in [0.5, 0.6) is 5.75 Å². The Labute approximate surface area is 251 Å². The number of ether oxygens (including phenoxy) is 1. The molecule has 2 fully saturated rings. The molecule has 232 valence electrons. The van der Waals surface area contributed by atoms with Gasteiger partial charge in [-0.15, -0.1) is 0 Å². The molecule has 4 aromatic rings. The topological polar surface area (TPSA) is 110 Å². The second-order valence-electron chi connectivity index (χ2n) is 10.6. The molecule has 5 heterocycles. The number of alkyl halides is 5. The van der Waals surface area contributed by atoms with Gasteiger partial charge in [0.25, 0.3) is 5.91 Å². The number of hydrogen-bond acceptors (Lipinski definition) is 7. The van der Waals surface area contributed by atoms with Crippen molar-refractivity contribution in [2.75, 3.05) is 38.0 Å². The highest BCUT2D eigenvalue weighted by molar-refractivity contribution is 6.31. The monoisotopic (exact) mass is 638 g/mol. The summed E-state index contributed by atoms with van der Waals surface area (Å²) in [5.74, 6) is -1.38. The molecule has 0 unspecified atom stereocenters. The Morgan fingerprint density at radius 1 is 1.14 bits per heavy atom. The first-order valence-electron chi connectivity index (χ1n) is 13.4. The van der Waals surface area contributed by atoms with Crippen LogP contribution in [0, 0.1) is 11.8 Å². The maximum Gasteiger partial charge on any atom is 0.401 e. The van der Waals surface area contributed by atoms with E-state index in [4.69, 9.17) is 11.6 Å². The van der Waals surface area contributed by atoms with E-state index < -0.39 is 25.2 Å². The van der Waals surface area contributed by atoms with Gasteiger partial charge in [-0.25, -0.2) is 9.50 Å². The molecular weight excluding hydrogens is 615 g/mol. The quantitative estimate of drug-likeness (QED) is 0.290. The standard InChI is InChI=1S/C27H24ClF5N8O3/c28-17-2-3-21(44-26(29)30)18(6-17)23-20(36-25(43)19-7-35-41-5-1-4-34-24(19)41)12-40(37-23)13-22(42)39-10-15-8-38(9-16(15)11-39)14-27(31,32)33/h1-7,12,15-16,26H,8-11,13-14H2,(H,36,43)/t15-,16+. The summed E-state index contributed by atoms with van der Waals surface area (Å²) in [6.07, 6.45) is 1.50. The van der Waals surface area contributed by atoms with E-state index in [0.29, 0.717) is 13.1 Å². The maximum absolute atomic E-state index is 13.3. The number of hydrogen-bond donors (Lipinski definition) is 1. The molecule has 0 aliphatic carbocycles. The predicted molar refractivity (Wildman–Crippen MR) is 146 cm³/mol. The first-order chi connectivity index (χ1) is 20.9. The molecule has 1 aromatic carbocycles. The van der Waals surface area contributed by atoms with E-state index in [1.165, 1.54) is 50.9 Å². The molecule has 1 N–H and O–H groups in total. The van der Waals surface area contributed by atoms with Gasteiger partial charge in [0.15, 0.2) is 5.65 Å². The summed E-state index contributed by atoms with van der Waals surface area (Å²) in [6.45, 7) is -3.33. The van der Waals surface area contributed by atoms with Crippen molar-refractivity contribution in [2.45, 2.75) is 19.3 Å². The fourth-order valence-corrected chi connectivity index (χ4v) is 5.94. The lowest BCUT2D eigenvalue weighted by molar-refractivity contribution is -0.145. The Morgan fingerprint density at radius 2 is 1.89 bits per heavy atom. The van der Waals surface area contributed by atoms with Crippen LogP contribution < -0.4 is 10.1 Å².